The van der Waals surface area contributed by atoms with Crippen LogP contribution in [0.5, 0.6) is 0 Å². The minimum atomic E-state index is 0.141. The van der Waals surface area contributed by atoms with Crippen LogP contribution in [0, 0.1) is 16.7 Å². The third kappa shape index (κ3) is 1.74. The van der Waals surface area contributed by atoms with Crippen LogP contribution in [0.25, 0.3) is 0 Å². The quantitative estimate of drug-likeness (QED) is 0.857. The van der Waals surface area contributed by atoms with Crippen LogP contribution >= 0.6 is 0 Å². The van der Waals surface area contributed by atoms with Crippen LogP contribution in [0.2, 0.25) is 0 Å². The van der Waals surface area contributed by atoms with Gasteiger partial charge in [0.25, 0.3) is 0 Å². The van der Waals surface area contributed by atoms with Crippen molar-refractivity contribution >= 4 is 12.0 Å². The largest absolute Gasteiger partial charge is 0.390 e. The third-order valence-electron chi connectivity index (χ3n) is 5.44. The Balaban J connectivity index is 1.67. The molecule has 0 saturated heterocycles. The monoisotopic (exact) mass is 262 g/mol. The van der Waals surface area contributed by atoms with E-state index in [0.29, 0.717) is 16.8 Å². The van der Waals surface area contributed by atoms with Crippen molar-refractivity contribution in [2.45, 2.75) is 57.9 Å². The van der Waals surface area contributed by atoms with Crippen molar-refractivity contribution in [2.75, 3.05) is 11.1 Å². The first kappa shape index (κ1) is 11.6. The summed E-state index contributed by atoms with van der Waals surface area (Å²) in [4.78, 5) is 0. The van der Waals surface area contributed by atoms with Crippen molar-refractivity contribution < 1.29 is 4.42 Å². The van der Waals surface area contributed by atoms with Crippen molar-refractivity contribution in [3.05, 3.63) is 0 Å². The first-order chi connectivity index (χ1) is 8.88. The molecule has 2 unspecified atom stereocenters. The summed E-state index contributed by atoms with van der Waals surface area (Å²) < 4.78 is 5.33. The first-order valence-electron chi connectivity index (χ1n) is 7.25. The molecular weight excluding hydrogens is 240 g/mol. The van der Waals surface area contributed by atoms with Gasteiger partial charge in [-0.15, -0.1) is 0 Å². The molecule has 0 aromatic carbocycles. The van der Waals surface area contributed by atoms with Crippen LogP contribution in [0.15, 0.2) is 4.42 Å². The van der Waals surface area contributed by atoms with Crippen LogP contribution in [0.3, 0.4) is 0 Å². The number of nitrogens with zero attached hydrogens (tertiary/aromatic N) is 2. The molecule has 4 aliphatic carbocycles. The highest BCUT2D eigenvalue weighted by atomic mass is 16.4. The lowest BCUT2D eigenvalue weighted by molar-refractivity contribution is -0.0978. The summed E-state index contributed by atoms with van der Waals surface area (Å²) in [5.74, 6) is 0.846. The fraction of sp³-hybridized carbons (Fsp3) is 0.857. The van der Waals surface area contributed by atoms with E-state index in [1.807, 2.05) is 0 Å². The molecule has 5 rings (SSSR count). The molecule has 2 atom stereocenters. The van der Waals surface area contributed by atoms with Crippen LogP contribution in [-0.2, 0) is 0 Å². The van der Waals surface area contributed by atoms with E-state index in [2.05, 4.69) is 29.4 Å². The standard InChI is InChI=1S/C14H22N4O/c1-12-3-9-4-13(2,6-12)8-14(5-9,7-12)16-11-18-17-10(15)19-11/h9H,3-8H2,1-2H3,(H2,15,17)(H,16,18). The van der Waals surface area contributed by atoms with Gasteiger partial charge < -0.3 is 15.5 Å². The van der Waals surface area contributed by atoms with Crippen LogP contribution < -0.4 is 11.1 Å². The summed E-state index contributed by atoms with van der Waals surface area (Å²) in [6.07, 6.45) is 7.81. The van der Waals surface area contributed by atoms with Gasteiger partial charge in [0, 0.05) is 5.54 Å². The Bertz CT molecular complexity index is 507. The second kappa shape index (κ2) is 3.25. The predicted octanol–water partition coefficient (Wildman–Crippen LogP) is 2.81. The zero-order valence-electron chi connectivity index (χ0n) is 11.7. The molecule has 4 aliphatic rings. The van der Waals surface area contributed by atoms with E-state index >= 15 is 0 Å². The fourth-order valence-corrected chi connectivity index (χ4v) is 6.10. The van der Waals surface area contributed by atoms with E-state index in [0.717, 1.165) is 5.92 Å². The number of rotatable bonds is 2. The normalized spacial score (nSPS) is 47.6. The zero-order chi connectivity index (χ0) is 13.3. The van der Waals surface area contributed by atoms with Crippen molar-refractivity contribution in [1.29, 1.82) is 0 Å². The van der Waals surface area contributed by atoms with Gasteiger partial charge in [0.2, 0.25) is 0 Å². The Labute approximate surface area is 113 Å². The van der Waals surface area contributed by atoms with Gasteiger partial charge in [-0.1, -0.05) is 24.0 Å². The Morgan fingerprint density at radius 2 is 1.79 bits per heavy atom. The number of aromatic nitrogens is 2. The summed E-state index contributed by atoms with van der Waals surface area (Å²) in [5, 5.41) is 11.3. The molecule has 5 nitrogen and oxygen atoms in total. The molecule has 0 aliphatic heterocycles. The van der Waals surface area contributed by atoms with Crippen LogP contribution in [0.1, 0.15) is 52.4 Å². The van der Waals surface area contributed by atoms with E-state index in [-0.39, 0.29) is 11.6 Å². The number of nitrogens with two attached hydrogens (primary N) is 1. The molecule has 3 N–H and O–H groups in total. The lowest BCUT2D eigenvalue weighted by Gasteiger charge is -2.65. The molecule has 1 aromatic rings. The van der Waals surface area contributed by atoms with Crippen LogP contribution in [-0.4, -0.2) is 15.7 Å². The molecule has 104 valence electrons. The molecule has 4 saturated carbocycles. The third-order valence-corrected chi connectivity index (χ3v) is 5.44. The van der Waals surface area contributed by atoms with E-state index in [1.165, 1.54) is 38.5 Å². The highest BCUT2D eigenvalue weighted by Gasteiger charge is 2.60. The molecule has 4 fully saturated rings. The zero-order valence-corrected chi connectivity index (χ0v) is 11.7. The van der Waals surface area contributed by atoms with Gasteiger partial charge in [0.1, 0.15) is 0 Å². The van der Waals surface area contributed by atoms with E-state index in [9.17, 15) is 0 Å². The van der Waals surface area contributed by atoms with Crippen molar-refractivity contribution in [1.82, 2.24) is 10.2 Å². The number of nitrogens with one attached hydrogen (secondary N) is 1. The van der Waals surface area contributed by atoms with Crippen LogP contribution in [0.4, 0.5) is 12.0 Å². The molecule has 0 radical (unpaired) electrons. The Hall–Kier alpha value is -1.26. The molecule has 19 heavy (non-hydrogen) atoms. The van der Waals surface area contributed by atoms with E-state index in [1.54, 1.807) is 0 Å². The van der Waals surface area contributed by atoms with Gasteiger partial charge in [-0.25, -0.2) is 0 Å². The Morgan fingerprint density at radius 3 is 2.32 bits per heavy atom. The van der Waals surface area contributed by atoms with Crippen molar-refractivity contribution in [2.24, 2.45) is 16.7 Å². The molecule has 4 bridgehead atoms. The summed E-state index contributed by atoms with van der Waals surface area (Å²) in [7, 11) is 0. The highest BCUT2D eigenvalue weighted by molar-refractivity contribution is 5.32. The maximum absolute atomic E-state index is 5.52. The first-order valence-corrected chi connectivity index (χ1v) is 7.25. The minimum Gasteiger partial charge on any atom is -0.390 e. The molecule has 5 heteroatoms. The number of anilines is 2. The summed E-state index contributed by atoms with van der Waals surface area (Å²) in [6.45, 7) is 4.91. The maximum Gasteiger partial charge on any atom is 0.317 e. The number of nitrogen functional groups attached to an aromatic ring is 1. The second-order valence-corrected chi connectivity index (χ2v) is 7.98. The van der Waals surface area contributed by atoms with Gasteiger partial charge in [0.15, 0.2) is 0 Å². The summed E-state index contributed by atoms with van der Waals surface area (Å²) in [5.41, 5.74) is 6.62. The molecule has 1 aromatic heterocycles. The average Bonchev–Trinajstić information content (AvgIpc) is 2.56. The smallest absolute Gasteiger partial charge is 0.317 e. The van der Waals surface area contributed by atoms with Crippen molar-refractivity contribution in [3.8, 4) is 0 Å². The fourth-order valence-electron chi connectivity index (χ4n) is 6.10. The average molecular weight is 262 g/mol. The lowest BCUT2D eigenvalue weighted by Crippen LogP contribution is -2.61. The lowest BCUT2D eigenvalue weighted by atomic mass is 9.43. The van der Waals surface area contributed by atoms with E-state index in [4.69, 9.17) is 10.2 Å². The summed E-state index contributed by atoms with van der Waals surface area (Å²) in [6, 6.07) is 0.635. The topological polar surface area (TPSA) is 77.0 Å². The molecule has 0 spiro atoms. The maximum atomic E-state index is 5.52. The Morgan fingerprint density at radius 1 is 1.11 bits per heavy atom. The van der Waals surface area contributed by atoms with E-state index < -0.39 is 0 Å². The SMILES string of the molecule is CC12CC3CC(C)(C1)CC(Nc1nnc(N)o1)(C3)C2. The predicted molar refractivity (Wildman–Crippen MR) is 72.5 cm³/mol. The van der Waals surface area contributed by atoms with Gasteiger partial charge in [-0.05, 0) is 55.3 Å². The van der Waals surface area contributed by atoms with Crippen molar-refractivity contribution in [3.63, 3.8) is 0 Å². The van der Waals surface area contributed by atoms with Gasteiger partial charge in [-0.3, -0.25) is 0 Å². The van der Waals surface area contributed by atoms with Gasteiger partial charge in [-0.2, -0.15) is 0 Å². The molecular formula is C14H22N4O. The Kier molecular flexibility index (Phi) is 1.97. The van der Waals surface area contributed by atoms with Gasteiger partial charge >= 0.3 is 12.0 Å². The number of hydrogen-bond acceptors (Lipinski definition) is 5. The summed E-state index contributed by atoms with van der Waals surface area (Å²) >= 11 is 0. The molecule has 1 heterocycles. The number of hydrogen-bond donors (Lipinski definition) is 2. The highest BCUT2D eigenvalue weighted by Crippen LogP contribution is 2.66. The minimum absolute atomic E-state index is 0.141. The second-order valence-electron chi connectivity index (χ2n) is 7.98. The van der Waals surface area contributed by atoms with Gasteiger partial charge in [0.05, 0.1) is 0 Å². The molecule has 0 amide bonds.